The Kier molecular flexibility index (Phi) is 6.40. The van der Waals surface area contributed by atoms with Gasteiger partial charge in [-0.05, 0) is 73.3 Å². The van der Waals surface area contributed by atoms with Crippen LogP contribution in [0.3, 0.4) is 0 Å². The molecule has 25 heavy (non-hydrogen) atoms. The molecule has 128 valence electrons. The molecular weight excluding hydrogens is 465 g/mol. The molecule has 0 radical (unpaired) electrons. The number of ether oxygens (including phenoxy) is 1. The fourth-order valence-electron chi connectivity index (χ4n) is 2.38. The Hall–Kier alpha value is -1.49. The summed E-state index contributed by atoms with van der Waals surface area (Å²) in [6.07, 6.45) is 0. The highest BCUT2D eigenvalue weighted by Gasteiger charge is 2.09. The highest BCUT2D eigenvalue weighted by Crippen LogP contribution is 2.35. The van der Waals surface area contributed by atoms with Crippen LogP contribution in [0.25, 0.3) is 0 Å². The predicted octanol–water partition coefficient (Wildman–Crippen LogP) is 7.06. The Morgan fingerprint density at radius 1 is 0.840 bits per heavy atom. The van der Waals surface area contributed by atoms with Crippen molar-refractivity contribution in [3.8, 4) is 5.75 Å². The van der Waals surface area contributed by atoms with Crippen molar-refractivity contribution in [1.82, 2.24) is 0 Å². The molecule has 0 bridgehead atoms. The molecular formula is C20H16Br2ClNO. The minimum atomic E-state index is 0.526. The number of anilines is 1. The maximum atomic E-state index is 6.01. The largest absolute Gasteiger partial charge is 0.487 e. The van der Waals surface area contributed by atoms with Crippen LogP contribution in [0.5, 0.6) is 5.75 Å². The van der Waals surface area contributed by atoms with Gasteiger partial charge in [0.05, 0.1) is 8.95 Å². The molecule has 0 aliphatic carbocycles. The molecule has 3 rings (SSSR count). The van der Waals surface area contributed by atoms with E-state index in [9.17, 15) is 0 Å². The van der Waals surface area contributed by atoms with Crippen molar-refractivity contribution in [2.45, 2.75) is 13.2 Å². The molecule has 2 nitrogen and oxygen atoms in total. The molecule has 0 aliphatic heterocycles. The van der Waals surface area contributed by atoms with Crippen molar-refractivity contribution in [1.29, 1.82) is 0 Å². The van der Waals surface area contributed by atoms with Crippen LogP contribution < -0.4 is 10.1 Å². The minimum Gasteiger partial charge on any atom is -0.487 e. The third-order valence-corrected chi connectivity index (χ3v) is 5.02. The SMILES string of the molecule is Clc1cccc(NCc2cc(Br)c(OCc3ccccc3)c(Br)c2)c1. The average Bonchev–Trinajstić information content (AvgIpc) is 2.60. The standard InChI is InChI=1S/C20H16Br2ClNO/c21-18-9-15(12-24-17-8-4-7-16(23)11-17)10-19(22)20(18)25-13-14-5-2-1-3-6-14/h1-11,24H,12-13H2. The van der Waals surface area contributed by atoms with Gasteiger partial charge in [0.2, 0.25) is 0 Å². The van der Waals surface area contributed by atoms with Crippen molar-refractivity contribution >= 4 is 49.1 Å². The van der Waals surface area contributed by atoms with E-state index >= 15 is 0 Å². The maximum absolute atomic E-state index is 6.01. The third kappa shape index (κ3) is 5.24. The first kappa shape index (κ1) is 18.3. The molecule has 0 saturated heterocycles. The Morgan fingerprint density at radius 2 is 1.56 bits per heavy atom. The van der Waals surface area contributed by atoms with Crippen molar-refractivity contribution < 1.29 is 4.74 Å². The van der Waals surface area contributed by atoms with Gasteiger partial charge in [0, 0.05) is 17.3 Å². The zero-order valence-corrected chi connectivity index (χ0v) is 17.2. The summed E-state index contributed by atoms with van der Waals surface area (Å²) >= 11 is 13.2. The Balaban J connectivity index is 1.67. The van der Waals surface area contributed by atoms with Crippen LogP contribution in [-0.4, -0.2) is 0 Å². The lowest BCUT2D eigenvalue weighted by molar-refractivity contribution is 0.302. The number of rotatable bonds is 6. The molecule has 0 unspecified atom stereocenters. The molecule has 0 fully saturated rings. The first-order valence-corrected chi connectivity index (χ1v) is 9.72. The van der Waals surface area contributed by atoms with E-state index in [4.69, 9.17) is 16.3 Å². The second-order valence-electron chi connectivity index (χ2n) is 5.53. The van der Waals surface area contributed by atoms with Gasteiger partial charge in [-0.3, -0.25) is 0 Å². The first-order chi connectivity index (χ1) is 12.1. The molecule has 0 aliphatic rings. The molecule has 0 spiro atoms. The van der Waals surface area contributed by atoms with Crippen molar-refractivity contribution in [2.24, 2.45) is 0 Å². The third-order valence-electron chi connectivity index (χ3n) is 3.61. The van der Waals surface area contributed by atoms with E-state index in [2.05, 4.69) is 49.3 Å². The number of halogens is 3. The minimum absolute atomic E-state index is 0.526. The number of hydrogen-bond acceptors (Lipinski definition) is 2. The summed E-state index contributed by atoms with van der Waals surface area (Å²) in [5.74, 6) is 0.801. The van der Waals surface area contributed by atoms with Gasteiger partial charge in [0.1, 0.15) is 12.4 Å². The molecule has 0 heterocycles. The zero-order valence-electron chi connectivity index (χ0n) is 13.3. The molecule has 0 amide bonds. The molecule has 1 N–H and O–H groups in total. The van der Waals surface area contributed by atoms with Crippen molar-refractivity contribution in [3.05, 3.63) is 91.8 Å². The predicted molar refractivity (Wildman–Crippen MR) is 111 cm³/mol. The smallest absolute Gasteiger partial charge is 0.148 e. The highest BCUT2D eigenvalue weighted by molar-refractivity contribution is 9.11. The topological polar surface area (TPSA) is 21.3 Å². The van der Waals surface area contributed by atoms with E-state index in [1.807, 2.05) is 54.6 Å². The molecule has 3 aromatic carbocycles. The summed E-state index contributed by atoms with van der Waals surface area (Å²) in [6, 6.07) is 21.9. The lowest BCUT2D eigenvalue weighted by Crippen LogP contribution is -2.01. The molecule has 5 heteroatoms. The van der Waals surface area contributed by atoms with Crippen LogP contribution in [0.15, 0.2) is 75.7 Å². The van der Waals surface area contributed by atoms with Gasteiger partial charge in [-0.15, -0.1) is 0 Å². The zero-order chi connectivity index (χ0) is 17.6. The Bertz CT molecular complexity index is 832. The first-order valence-electron chi connectivity index (χ1n) is 7.76. The van der Waals surface area contributed by atoms with Crippen LogP contribution in [0.4, 0.5) is 5.69 Å². The molecule has 0 aromatic heterocycles. The Morgan fingerprint density at radius 3 is 2.24 bits per heavy atom. The van der Waals surface area contributed by atoms with Crippen LogP contribution >= 0.6 is 43.5 Å². The van der Waals surface area contributed by atoms with E-state index in [1.165, 1.54) is 0 Å². The highest BCUT2D eigenvalue weighted by atomic mass is 79.9. The van der Waals surface area contributed by atoms with Gasteiger partial charge in [-0.1, -0.05) is 48.0 Å². The van der Waals surface area contributed by atoms with Crippen molar-refractivity contribution in [2.75, 3.05) is 5.32 Å². The summed E-state index contributed by atoms with van der Waals surface area (Å²) in [5.41, 5.74) is 3.25. The lowest BCUT2D eigenvalue weighted by atomic mass is 10.2. The summed E-state index contributed by atoms with van der Waals surface area (Å²) in [6.45, 7) is 1.22. The molecule has 0 atom stereocenters. The maximum Gasteiger partial charge on any atom is 0.148 e. The van der Waals surface area contributed by atoms with E-state index < -0.39 is 0 Å². The fraction of sp³-hybridized carbons (Fsp3) is 0.100. The number of benzene rings is 3. The van der Waals surface area contributed by atoms with Crippen LogP contribution in [0, 0.1) is 0 Å². The van der Waals surface area contributed by atoms with E-state index in [0.29, 0.717) is 13.2 Å². The monoisotopic (exact) mass is 479 g/mol. The summed E-state index contributed by atoms with van der Waals surface area (Å²) in [5, 5.41) is 4.09. The molecule has 0 saturated carbocycles. The van der Waals surface area contributed by atoms with Crippen LogP contribution in [0.2, 0.25) is 5.02 Å². The fourth-order valence-corrected chi connectivity index (χ4v) is 4.09. The van der Waals surface area contributed by atoms with Gasteiger partial charge < -0.3 is 10.1 Å². The van der Waals surface area contributed by atoms with Gasteiger partial charge in [-0.25, -0.2) is 0 Å². The summed E-state index contributed by atoms with van der Waals surface area (Å²) in [4.78, 5) is 0. The quantitative estimate of drug-likeness (QED) is 0.407. The summed E-state index contributed by atoms with van der Waals surface area (Å²) in [7, 11) is 0. The van der Waals surface area contributed by atoms with Gasteiger partial charge in [0.15, 0.2) is 0 Å². The summed E-state index contributed by atoms with van der Waals surface area (Å²) < 4.78 is 7.79. The lowest BCUT2D eigenvalue weighted by Gasteiger charge is -2.13. The van der Waals surface area contributed by atoms with E-state index in [0.717, 1.165) is 36.5 Å². The van der Waals surface area contributed by atoms with E-state index in [1.54, 1.807) is 0 Å². The number of hydrogen-bond donors (Lipinski definition) is 1. The van der Waals surface area contributed by atoms with Crippen LogP contribution in [0.1, 0.15) is 11.1 Å². The number of nitrogens with one attached hydrogen (secondary N) is 1. The van der Waals surface area contributed by atoms with Gasteiger partial charge in [-0.2, -0.15) is 0 Å². The van der Waals surface area contributed by atoms with Gasteiger partial charge in [0.25, 0.3) is 0 Å². The molecule has 3 aromatic rings. The Labute approximate surface area is 169 Å². The van der Waals surface area contributed by atoms with E-state index in [-0.39, 0.29) is 0 Å². The van der Waals surface area contributed by atoms with Crippen molar-refractivity contribution in [3.63, 3.8) is 0 Å². The van der Waals surface area contributed by atoms with Crippen LogP contribution in [-0.2, 0) is 13.2 Å². The van der Waals surface area contributed by atoms with Gasteiger partial charge >= 0.3 is 0 Å². The normalized spacial score (nSPS) is 10.5. The second-order valence-corrected chi connectivity index (χ2v) is 7.67. The average molecular weight is 482 g/mol. The second kappa shape index (κ2) is 8.75.